The molecule has 2 aromatic rings. The van der Waals surface area contributed by atoms with E-state index >= 15 is 0 Å². The summed E-state index contributed by atoms with van der Waals surface area (Å²) in [4.78, 5) is 0. The van der Waals surface area contributed by atoms with Crippen molar-refractivity contribution in [1.29, 1.82) is 0 Å². The maximum atomic E-state index is 6.45. The molecule has 0 saturated carbocycles. The van der Waals surface area contributed by atoms with Crippen molar-refractivity contribution in [1.82, 2.24) is 5.32 Å². The van der Waals surface area contributed by atoms with E-state index in [0.29, 0.717) is 6.04 Å². The molecule has 2 aromatic carbocycles. The third-order valence-electron chi connectivity index (χ3n) is 4.57. The van der Waals surface area contributed by atoms with Gasteiger partial charge in [0.05, 0.1) is 0 Å². The van der Waals surface area contributed by atoms with Crippen LogP contribution in [0.4, 0.5) is 0 Å². The van der Waals surface area contributed by atoms with E-state index in [1.165, 1.54) is 34.2 Å². The molecule has 0 saturated heterocycles. The fraction of sp³-hybridized carbons (Fsp3) is 0.368. The van der Waals surface area contributed by atoms with E-state index < -0.39 is 0 Å². The summed E-state index contributed by atoms with van der Waals surface area (Å²) in [5.41, 5.74) is 7.85. The zero-order valence-electron chi connectivity index (χ0n) is 13.0. The first-order valence-electron chi connectivity index (χ1n) is 7.73. The molecule has 1 unspecified atom stereocenters. The molecule has 3 rings (SSSR count). The summed E-state index contributed by atoms with van der Waals surface area (Å²) < 4.78 is 0. The standard InChI is InChI=1S/C19H22ClN/c1-4-21-19-8-6-14-11-15(5-7-16(14)19)17-9-12(2)13(3)10-18(17)20/h5,7,9-11,19,21H,4,6,8H2,1-3H3. The molecule has 0 aromatic heterocycles. The normalized spacial score (nSPS) is 17.0. The first-order valence-corrected chi connectivity index (χ1v) is 8.11. The second kappa shape index (κ2) is 5.82. The molecular weight excluding hydrogens is 278 g/mol. The second-order valence-electron chi connectivity index (χ2n) is 5.98. The molecule has 1 nitrogen and oxygen atoms in total. The van der Waals surface area contributed by atoms with E-state index in [1.807, 2.05) is 0 Å². The molecule has 0 radical (unpaired) electrons. The zero-order valence-corrected chi connectivity index (χ0v) is 13.7. The lowest BCUT2D eigenvalue weighted by atomic mass is 9.97. The van der Waals surface area contributed by atoms with Gasteiger partial charge in [-0.2, -0.15) is 0 Å². The third kappa shape index (κ3) is 2.73. The maximum Gasteiger partial charge on any atom is 0.0487 e. The van der Waals surface area contributed by atoms with E-state index in [4.69, 9.17) is 11.6 Å². The van der Waals surface area contributed by atoms with Gasteiger partial charge in [0.1, 0.15) is 0 Å². The number of fused-ring (bicyclic) bond motifs is 1. The lowest BCUT2D eigenvalue weighted by molar-refractivity contribution is 0.549. The van der Waals surface area contributed by atoms with Gasteiger partial charge in [-0.3, -0.25) is 0 Å². The van der Waals surface area contributed by atoms with Gasteiger partial charge in [0.15, 0.2) is 0 Å². The van der Waals surface area contributed by atoms with Crippen LogP contribution in [-0.2, 0) is 6.42 Å². The van der Waals surface area contributed by atoms with Gasteiger partial charge in [-0.25, -0.2) is 0 Å². The number of aryl methyl sites for hydroxylation is 3. The Kier molecular flexibility index (Phi) is 4.05. The summed E-state index contributed by atoms with van der Waals surface area (Å²) in [5.74, 6) is 0. The molecule has 0 heterocycles. The summed E-state index contributed by atoms with van der Waals surface area (Å²) in [6.45, 7) is 7.44. The summed E-state index contributed by atoms with van der Waals surface area (Å²) in [5, 5.41) is 4.41. The summed E-state index contributed by atoms with van der Waals surface area (Å²) >= 11 is 6.45. The van der Waals surface area contributed by atoms with Gasteiger partial charge in [0.25, 0.3) is 0 Å². The van der Waals surface area contributed by atoms with Crippen molar-refractivity contribution in [3.8, 4) is 11.1 Å². The molecule has 0 fully saturated rings. The Morgan fingerprint density at radius 2 is 1.90 bits per heavy atom. The van der Waals surface area contributed by atoms with Crippen LogP contribution in [0.15, 0.2) is 30.3 Å². The topological polar surface area (TPSA) is 12.0 Å². The van der Waals surface area contributed by atoms with Crippen LogP contribution in [0, 0.1) is 13.8 Å². The predicted molar refractivity (Wildman–Crippen MR) is 91.1 cm³/mol. The van der Waals surface area contributed by atoms with E-state index in [-0.39, 0.29) is 0 Å². The number of nitrogens with one attached hydrogen (secondary N) is 1. The fourth-order valence-electron chi connectivity index (χ4n) is 3.25. The summed E-state index contributed by atoms with van der Waals surface area (Å²) in [6.07, 6.45) is 2.36. The minimum Gasteiger partial charge on any atom is -0.310 e. The van der Waals surface area contributed by atoms with Crippen molar-refractivity contribution in [3.05, 3.63) is 57.6 Å². The first kappa shape index (κ1) is 14.6. The quantitative estimate of drug-likeness (QED) is 0.819. The molecule has 1 aliphatic carbocycles. The van der Waals surface area contributed by atoms with Crippen molar-refractivity contribution < 1.29 is 0 Å². The smallest absolute Gasteiger partial charge is 0.0487 e. The minimum atomic E-state index is 0.522. The van der Waals surface area contributed by atoms with Gasteiger partial charge in [-0.15, -0.1) is 0 Å². The molecule has 1 N–H and O–H groups in total. The van der Waals surface area contributed by atoms with E-state index in [9.17, 15) is 0 Å². The second-order valence-corrected chi connectivity index (χ2v) is 6.39. The zero-order chi connectivity index (χ0) is 15.0. The molecule has 0 spiro atoms. The molecule has 1 atom stereocenters. The lowest BCUT2D eigenvalue weighted by Gasteiger charge is -2.14. The van der Waals surface area contributed by atoms with Crippen LogP contribution in [0.5, 0.6) is 0 Å². The van der Waals surface area contributed by atoms with Crippen molar-refractivity contribution in [2.24, 2.45) is 0 Å². The van der Waals surface area contributed by atoms with Crippen LogP contribution in [0.3, 0.4) is 0 Å². The molecule has 0 aliphatic heterocycles. The van der Waals surface area contributed by atoms with Gasteiger partial charge < -0.3 is 5.32 Å². The number of hydrogen-bond donors (Lipinski definition) is 1. The van der Waals surface area contributed by atoms with E-state index in [1.54, 1.807) is 0 Å². The van der Waals surface area contributed by atoms with E-state index in [2.05, 4.69) is 56.4 Å². The molecule has 1 aliphatic rings. The largest absolute Gasteiger partial charge is 0.310 e. The fourth-order valence-corrected chi connectivity index (χ4v) is 3.57. The van der Waals surface area contributed by atoms with Gasteiger partial charge >= 0.3 is 0 Å². The lowest BCUT2D eigenvalue weighted by Crippen LogP contribution is -2.18. The number of halogens is 1. The minimum absolute atomic E-state index is 0.522. The SMILES string of the molecule is CCNC1CCc2cc(-c3cc(C)c(C)cc3Cl)ccc21. The maximum absolute atomic E-state index is 6.45. The van der Waals surface area contributed by atoms with Crippen LogP contribution >= 0.6 is 11.6 Å². The average molecular weight is 300 g/mol. The van der Waals surface area contributed by atoms with Crippen LogP contribution in [0.1, 0.15) is 41.6 Å². The Morgan fingerprint density at radius 3 is 2.67 bits per heavy atom. The van der Waals surface area contributed by atoms with Crippen LogP contribution in [-0.4, -0.2) is 6.54 Å². The molecule has 0 bridgehead atoms. The average Bonchev–Trinajstić information content (AvgIpc) is 2.86. The van der Waals surface area contributed by atoms with Crippen molar-refractivity contribution in [2.45, 2.75) is 39.7 Å². The number of rotatable bonds is 3. The van der Waals surface area contributed by atoms with Crippen molar-refractivity contribution in [2.75, 3.05) is 6.54 Å². The monoisotopic (exact) mass is 299 g/mol. The third-order valence-corrected chi connectivity index (χ3v) is 4.88. The molecule has 110 valence electrons. The summed E-state index contributed by atoms with van der Waals surface area (Å²) in [7, 11) is 0. The van der Waals surface area contributed by atoms with Crippen molar-refractivity contribution in [3.63, 3.8) is 0 Å². The predicted octanol–water partition coefficient (Wildman–Crippen LogP) is 5.22. The van der Waals surface area contributed by atoms with Crippen LogP contribution in [0.2, 0.25) is 5.02 Å². The van der Waals surface area contributed by atoms with Crippen molar-refractivity contribution >= 4 is 11.6 Å². The van der Waals surface area contributed by atoms with Gasteiger partial charge in [-0.05, 0) is 73.2 Å². The van der Waals surface area contributed by atoms with E-state index in [0.717, 1.165) is 23.6 Å². The van der Waals surface area contributed by atoms with Gasteiger partial charge in [0, 0.05) is 16.6 Å². The van der Waals surface area contributed by atoms with Gasteiger partial charge in [0.2, 0.25) is 0 Å². The molecular formula is C19H22ClN. The number of benzene rings is 2. The van der Waals surface area contributed by atoms with Gasteiger partial charge in [-0.1, -0.05) is 36.7 Å². The Bertz CT molecular complexity index is 676. The highest BCUT2D eigenvalue weighted by molar-refractivity contribution is 6.33. The molecule has 21 heavy (non-hydrogen) atoms. The Morgan fingerprint density at radius 1 is 1.14 bits per heavy atom. The highest BCUT2D eigenvalue weighted by Gasteiger charge is 2.22. The van der Waals surface area contributed by atoms with Crippen LogP contribution in [0.25, 0.3) is 11.1 Å². The number of hydrogen-bond acceptors (Lipinski definition) is 1. The Hall–Kier alpha value is -1.31. The highest BCUT2D eigenvalue weighted by atomic mass is 35.5. The first-order chi connectivity index (χ1) is 10.1. The van der Waals surface area contributed by atoms with Crippen LogP contribution < -0.4 is 5.32 Å². The molecule has 0 amide bonds. The Labute approximate surface area is 132 Å². The summed E-state index contributed by atoms with van der Waals surface area (Å²) in [6, 6.07) is 11.6. The highest BCUT2D eigenvalue weighted by Crippen LogP contribution is 2.36. The Balaban J connectivity index is 2.01. The molecule has 2 heteroatoms.